The second-order valence-corrected chi connectivity index (χ2v) is 12.3. The standard InChI is InChI=1S/C28H36ClN3O5S/c1-21(28(34)30-19-25-5-4-18-37-25)32(20-23-6-11-24(29)12-7-23)27(33)15-10-22-8-13-26(14-9-22)38(35,36)31-16-2-3-17-31/h6-9,11-14,21,25H,2-5,10,15-20H2,1H3,(H,30,34). The van der Waals surface area contributed by atoms with Gasteiger partial charge in [-0.15, -0.1) is 0 Å². The number of carbonyl (C=O) groups excluding carboxylic acids is 2. The summed E-state index contributed by atoms with van der Waals surface area (Å²) in [5, 5.41) is 3.53. The summed E-state index contributed by atoms with van der Waals surface area (Å²) in [7, 11) is -3.48. The highest BCUT2D eigenvalue weighted by Gasteiger charge is 2.28. The number of hydrogen-bond acceptors (Lipinski definition) is 5. The van der Waals surface area contributed by atoms with Crippen molar-refractivity contribution in [2.24, 2.45) is 0 Å². The molecule has 0 aliphatic carbocycles. The zero-order chi connectivity index (χ0) is 27.1. The van der Waals surface area contributed by atoms with Crippen LogP contribution in [0.2, 0.25) is 5.02 Å². The van der Waals surface area contributed by atoms with Crippen molar-refractivity contribution < 1.29 is 22.7 Å². The minimum atomic E-state index is -3.48. The quantitative estimate of drug-likeness (QED) is 0.450. The zero-order valence-electron chi connectivity index (χ0n) is 21.8. The van der Waals surface area contributed by atoms with E-state index in [0.29, 0.717) is 37.7 Å². The molecule has 1 N–H and O–H groups in total. The van der Waals surface area contributed by atoms with Crippen molar-refractivity contribution in [3.05, 3.63) is 64.7 Å². The highest BCUT2D eigenvalue weighted by molar-refractivity contribution is 7.89. The number of ether oxygens (including phenoxy) is 1. The highest BCUT2D eigenvalue weighted by atomic mass is 35.5. The van der Waals surface area contributed by atoms with Crippen LogP contribution in [0.15, 0.2) is 53.4 Å². The van der Waals surface area contributed by atoms with Crippen LogP contribution in [0.5, 0.6) is 0 Å². The van der Waals surface area contributed by atoms with E-state index in [0.717, 1.165) is 36.8 Å². The summed E-state index contributed by atoms with van der Waals surface area (Å²) in [6.45, 7) is 4.26. The molecule has 206 valence electrons. The van der Waals surface area contributed by atoms with E-state index in [1.165, 1.54) is 4.31 Å². The Kier molecular flexibility index (Phi) is 9.81. The van der Waals surface area contributed by atoms with Gasteiger partial charge in [-0.3, -0.25) is 9.59 Å². The minimum Gasteiger partial charge on any atom is -0.376 e. The molecule has 8 nitrogen and oxygen atoms in total. The van der Waals surface area contributed by atoms with Gasteiger partial charge in [0.15, 0.2) is 0 Å². The van der Waals surface area contributed by atoms with Crippen LogP contribution in [0.3, 0.4) is 0 Å². The average Bonchev–Trinajstić information content (AvgIpc) is 3.65. The fraction of sp³-hybridized carbons (Fsp3) is 0.500. The molecule has 2 aromatic carbocycles. The lowest BCUT2D eigenvalue weighted by Crippen LogP contribution is -2.49. The second-order valence-electron chi connectivity index (χ2n) is 9.96. The van der Waals surface area contributed by atoms with Crippen LogP contribution in [-0.2, 0) is 37.3 Å². The van der Waals surface area contributed by atoms with E-state index < -0.39 is 16.1 Å². The Hall–Kier alpha value is -2.46. The van der Waals surface area contributed by atoms with Crippen LogP contribution in [-0.4, -0.2) is 67.8 Å². The number of hydrogen-bond donors (Lipinski definition) is 1. The molecule has 2 fully saturated rings. The van der Waals surface area contributed by atoms with Crippen LogP contribution < -0.4 is 5.32 Å². The molecule has 0 spiro atoms. The first kappa shape index (κ1) is 28.5. The molecule has 38 heavy (non-hydrogen) atoms. The summed E-state index contributed by atoms with van der Waals surface area (Å²) in [5.74, 6) is -0.382. The third kappa shape index (κ3) is 7.34. The molecule has 0 saturated carbocycles. The number of rotatable bonds is 11. The maximum atomic E-state index is 13.4. The van der Waals surface area contributed by atoms with E-state index in [4.69, 9.17) is 16.3 Å². The molecule has 0 radical (unpaired) electrons. The summed E-state index contributed by atoms with van der Waals surface area (Å²) in [5.41, 5.74) is 1.73. The Labute approximate surface area is 230 Å². The second kappa shape index (κ2) is 13.1. The van der Waals surface area contributed by atoms with E-state index in [-0.39, 0.29) is 35.8 Å². The Bertz CT molecular complexity index is 1190. The fourth-order valence-electron chi connectivity index (χ4n) is 4.84. The molecule has 0 aromatic heterocycles. The lowest BCUT2D eigenvalue weighted by Gasteiger charge is -2.29. The maximum absolute atomic E-state index is 13.4. The predicted octanol–water partition coefficient (Wildman–Crippen LogP) is 3.77. The van der Waals surface area contributed by atoms with Crippen LogP contribution >= 0.6 is 11.6 Å². The molecule has 4 rings (SSSR count). The number of nitrogens with zero attached hydrogens (tertiary/aromatic N) is 2. The van der Waals surface area contributed by atoms with Gasteiger partial charge in [0.05, 0.1) is 11.0 Å². The predicted molar refractivity (Wildman–Crippen MR) is 146 cm³/mol. The van der Waals surface area contributed by atoms with Gasteiger partial charge >= 0.3 is 0 Å². The average molecular weight is 562 g/mol. The van der Waals surface area contributed by atoms with Crippen molar-refractivity contribution in [2.45, 2.75) is 69.0 Å². The van der Waals surface area contributed by atoms with Crippen molar-refractivity contribution in [1.29, 1.82) is 0 Å². The smallest absolute Gasteiger partial charge is 0.243 e. The summed E-state index contributed by atoms with van der Waals surface area (Å²) < 4.78 is 32.7. The summed E-state index contributed by atoms with van der Waals surface area (Å²) in [4.78, 5) is 28.2. The van der Waals surface area contributed by atoms with Crippen LogP contribution in [0.25, 0.3) is 0 Å². The Morgan fingerprint density at radius 1 is 1.05 bits per heavy atom. The van der Waals surface area contributed by atoms with Crippen molar-refractivity contribution >= 4 is 33.4 Å². The van der Waals surface area contributed by atoms with Gasteiger partial charge in [-0.1, -0.05) is 35.9 Å². The normalized spacial score (nSPS) is 18.8. The van der Waals surface area contributed by atoms with Crippen molar-refractivity contribution in [3.63, 3.8) is 0 Å². The Morgan fingerprint density at radius 3 is 2.34 bits per heavy atom. The summed E-state index contributed by atoms with van der Waals surface area (Å²) in [6, 6.07) is 13.3. The molecule has 0 bridgehead atoms. The van der Waals surface area contributed by atoms with Crippen molar-refractivity contribution in [2.75, 3.05) is 26.2 Å². The van der Waals surface area contributed by atoms with Crippen LogP contribution in [0.4, 0.5) is 0 Å². The van der Waals surface area contributed by atoms with Crippen LogP contribution in [0, 0.1) is 0 Å². The Morgan fingerprint density at radius 2 is 1.71 bits per heavy atom. The topological polar surface area (TPSA) is 96.0 Å². The molecule has 2 aliphatic heterocycles. The van der Waals surface area contributed by atoms with E-state index in [1.807, 2.05) is 12.1 Å². The largest absolute Gasteiger partial charge is 0.376 e. The van der Waals surface area contributed by atoms with Gasteiger partial charge in [0.1, 0.15) is 6.04 Å². The lowest BCUT2D eigenvalue weighted by molar-refractivity contribution is -0.140. The van der Waals surface area contributed by atoms with Gasteiger partial charge in [0.25, 0.3) is 0 Å². The van der Waals surface area contributed by atoms with E-state index in [2.05, 4.69) is 5.32 Å². The van der Waals surface area contributed by atoms with E-state index in [9.17, 15) is 18.0 Å². The number of halogens is 1. The van der Waals surface area contributed by atoms with Gasteiger partial charge in [-0.2, -0.15) is 4.31 Å². The van der Waals surface area contributed by atoms with Crippen LogP contribution in [0.1, 0.15) is 50.2 Å². The fourth-order valence-corrected chi connectivity index (χ4v) is 6.48. The summed E-state index contributed by atoms with van der Waals surface area (Å²) in [6.07, 6.45) is 4.32. The summed E-state index contributed by atoms with van der Waals surface area (Å²) >= 11 is 6.02. The lowest BCUT2D eigenvalue weighted by atomic mass is 10.1. The van der Waals surface area contributed by atoms with E-state index >= 15 is 0 Å². The van der Waals surface area contributed by atoms with Gasteiger partial charge in [0.2, 0.25) is 21.8 Å². The van der Waals surface area contributed by atoms with Crippen molar-refractivity contribution in [1.82, 2.24) is 14.5 Å². The van der Waals surface area contributed by atoms with Crippen molar-refractivity contribution in [3.8, 4) is 0 Å². The molecular weight excluding hydrogens is 526 g/mol. The number of sulfonamides is 1. The van der Waals surface area contributed by atoms with Gasteiger partial charge < -0.3 is 15.0 Å². The molecule has 2 saturated heterocycles. The first-order valence-corrected chi connectivity index (χ1v) is 15.1. The molecule has 2 aromatic rings. The molecule has 2 heterocycles. The van der Waals surface area contributed by atoms with E-state index in [1.54, 1.807) is 48.2 Å². The number of nitrogens with one attached hydrogen (secondary N) is 1. The molecule has 2 aliphatic rings. The number of benzene rings is 2. The number of aryl methyl sites for hydroxylation is 1. The molecule has 2 atom stereocenters. The maximum Gasteiger partial charge on any atom is 0.243 e. The molecular formula is C28H36ClN3O5S. The first-order valence-electron chi connectivity index (χ1n) is 13.3. The van der Waals surface area contributed by atoms with Gasteiger partial charge in [0, 0.05) is 44.2 Å². The van der Waals surface area contributed by atoms with Gasteiger partial charge in [-0.05, 0) is 74.4 Å². The molecule has 2 amide bonds. The number of amides is 2. The Balaban J connectivity index is 1.40. The molecule has 2 unspecified atom stereocenters. The third-order valence-corrected chi connectivity index (χ3v) is 9.38. The number of carbonyl (C=O) groups is 2. The zero-order valence-corrected chi connectivity index (χ0v) is 23.3. The third-order valence-electron chi connectivity index (χ3n) is 7.22. The first-order chi connectivity index (χ1) is 18.2. The monoisotopic (exact) mass is 561 g/mol. The molecule has 10 heteroatoms. The highest BCUT2D eigenvalue weighted by Crippen LogP contribution is 2.22. The van der Waals surface area contributed by atoms with Gasteiger partial charge in [-0.25, -0.2) is 8.42 Å². The minimum absolute atomic E-state index is 0.0174. The SMILES string of the molecule is CC(C(=O)NCC1CCCO1)N(Cc1ccc(Cl)cc1)C(=O)CCc1ccc(S(=O)(=O)N2CCCC2)cc1.